The predicted octanol–water partition coefficient (Wildman–Crippen LogP) is 3.50. The highest BCUT2D eigenvalue weighted by atomic mass is 32.2. The molecule has 1 nitrogen and oxygen atoms in total. The van der Waals surface area contributed by atoms with Crippen LogP contribution in [-0.2, 0) is 6.42 Å². The van der Waals surface area contributed by atoms with Gasteiger partial charge in [-0.3, -0.25) is 0 Å². The molecule has 3 heteroatoms. The van der Waals surface area contributed by atoms with E-state index in [0.29, 0.717) is 0 Å². The summed E-state index contributed by atoms with van der Waals surface area (Å²) in [5, 5.41) is 14.6. The highest BCUT2D eigenvalue weighted by Crippen LogP contribution is 2.42. The Bertz CT molecular complexity index is 453. The molecule has 2 unspecified atom stereocenters. The third kappa shape index (κ3) is 1.79. The Morgan fingerprint density at radius 3 is 2.88 bits per heavy atom. The second-order valence-electron chi connectivity index (χ2n) is 3.97. The second-order valence-corrected chi connectivity index (χ2v) is 6.03. The van der Waals surface area contributed by atoms with Crippen LogP contribution in [0, 0.1) is 0 Å². The van der Waals surface area contributed by atoms with Crippen molar-refractivity contribution in [2.45, 2.75) is 22.7 Å². The second kappa shape index (κ2) is 4.24. The summed E-state index contributed by atoms with van der Waals surface area (Å²) in [6.07, 6.45) is 0.626. The number of rotatable bonds is 2. The van der Waals surface area contributed by atoms with E-state index in [0.717, 1.165) is 12.0 Å². The van der Waals surface area contributed by atoms with Crippen molar-refractivity contribution in [1.29, 1.82) is 0 Å². The first-order chi connectivity index (χ1) is 7.84. The van der Waals surface area contributed by atoms with Gasteiger partial charge in [0, 0.05) is 10.1 Å². The number of aliphatic hydroxyl groups excluding tert-OH is 1. The fourth-order valence-electron chi connectivity index (χ4n) is 2.04. The highest BCUT2D eigenvalue weighted by Gasteiger charge is 2.29. The first-order valence-corrected chi connectivity index (χ1v) is 7.11. The van der Waals surface area contributed by atoms with Crippen molar-refractivity contribution in [1.82, 2.24) is 0 Å². The average Bonchev–Trinajstić information content (AvgIpc) is 2.97. The molecule has 0 radical (unpaired) electrons. The Hall–Kier alpha value is -0.770. The van der Waals surface area contributed by atoms with E-state index in [2.05, 4.69) is 24.3 Å². The summed E-state index contributed by atoms with van der Waals surface area (Å²) in [6, 6.07) is 10.4. The molecule has 0 spiro atoms. The van der Waals surface area contributed by atoms with Gasteiger partial charge < -0.3 is 5.11 Å². The van der Waals surface area contributed by atoms with Crippen molar-refractivity contribution in [2.75, 3.05) is 0 Å². The summed E-state index contributed by atoms with van der Waals surface area (Å²) in [7, 11) is 0. The summed E-state index contributed by atoms with van der Waals surface area (Å²) in [5.74, 6) is 0. The molecule has 0 fully saturated rings. The minimum atomic E-state index is -0.344. The molecule has 1 aliphatic rings. The zero-order chi connectivity index (χ0) is 11.0. The maximum atomic E-state index is 10.3. The highest BCUT2D eigenvalue weighted by molar-refractivity contribution is 8.00. The van der Waals surface area contributed by atoms with Crippen molar-refractivity contribution in [3.63, 3.8) is 0 Å². The van der Waals surface area contributed by atoms with Crippen molar-refractivity contribution < 1.29 is 5.11 Å². The van der Waals surface area contributed by atoms with Gasteiger partial charge in [-0.05, 0) is 40.4 Å². The molecule has 1 N–H and O–H groups in total. The number of benzene rings is 1. The summed E-state index contributed by atoms with van der Waals surface area (Å²) in [4.78, 5) is 1.32. The van der Waals surface area contributed by atoms with Gasteiger partial charge in [-0.1, -0.05) is 18.2 Å². The summed E-state index contributed by atoms with van der Waals surface area (Å²) in [5.41, 5.74) is 2.42. The lowest BCUT2D eigenvalue weighted by Crippen LogP contribution is -2.13. The topological polar surface area (TPSA) is 20.2 Å². The molecule has 2 aromatic rings. The predicted molar refractivity (Wildman–Crippen MR) is 69.1 cm³/mol. The number of hydrogen-bond acceptors (Lipinski definition) is 3. The molecule has 16 heavy (non-hydrogen) atoms. The van der Waals surface area contributed by atoms with Gasteiger partial charge in [0.25, 0.3) is 0 Å². The standard InChI is InChI=1S/C13H12OS2/c14-13(10-5-6-15-8-10)12-7-9-3-1-2-4-11(9)16-12/h1-6,8,12-14H,7H2. The Kier molecular flexibility index (Phi) is 2.75. The van der Waals surface area contributed by atoms with E-state index in [9.17, 15) is 5.11 Å². The van der Waals surface area contributed by atoms with Crippen molar-refractivity contribution in [3.8, 4) is 0 Å². The van der Waals surface area contributed by atoms with Crippen LogP contribution >= 0.6 is 23.1 Å². The minimum absolute atomic E-state index is 0.270. The van der Waals surface area contributed by atoms with E-state index in [4.69, 9.17) is 0 Å². The van der Waals surface area contributed by atoms with Crippen LogP contribution in [0.5, 0.6) is 0 Å². The van der Waals surface area contributed by atoms with Gasteiger partial charge in [0.2, 0.25) is 0 Å². The number of thiophene rings is 1. The van der Waals surface area contributed by atoms with E-state index >= 15 is 0 Å². The molecule has 0 saturated carbocycles. The van der Waals surface area contributed by atoms with Crippen LogP contribution in [0.25, 0.3) is 0 Å². The Morgan fingerprint density at radius 1 is 1.25 bits per heavy atom. The molecular formula is C13H12OS2. The van der Waals surface area contributed by atoms with E-state index in [-0.39, 0.29) is 11.4 Å². The molecule has 0 saturated heterocycles. The largest absolute Gasteiger partial charge is 0.387 e. The lowest BCUT2D eigenvalue weighted by Gasteiger charge is -2.15. The van der Waals surface area contributed by atoms with Gasteiger partial charge in [0.15, 0.2) is 0 Å². The quantitative estimate of drug-likeness (QED) is 0.877. The van der Waals surface area contributed by atoms with Crippen LogP contribution in [0.1, 0.15) is 17.2 Å². The van der Waals surface area contributed by atoms with E-state index in [1.54, 1.807) is 23.1 Å². The third-order valence-electron chi connectivity index (χ3n) is 2.91. The monoisotopic (exact) mass is 248 g/mol. The maximum absolute atomic E-state index is 10.3. The van der Waals surface area contributed by atoms with Gasteiger partial charge in [0.05, 0.1) is 6.10 Å². The maximum Gasteiger partial charge on any atom is 0.0923 e. The number of fused-ring (bicyclic) bond motifs is 1. The normalized spacial score (nSPS) is 20.7. The third-order valence-corrected chi connectivity index (χ3v) is 4.99. The fourth-order valence-corrected chi connectivity index (χ4v) is 4.07. The molecular weight excluding hydrogens is 236 g/mol. The van der Waals surface area contributed by atoms with Gasteiger partial charge >= 0.3 is 0 Å². The molecule has 1 aromatic carbocycles. The minimum Gasteiger partial charge on any atom is -0.387 e. The van der Waals surface area contributed by atoms with Crippen LogP contribution in [0.4, 0.5) is 0 Å². The zero-order valence-corrected chi connectivity index (χ0v) is 10.3. The van der Waals surface area contributed by atoms with Crippen LogP contribution in [0.2, 0.25) is 0 Å². The Balaban J connectivity index is 1.81. The lowest BCUT2D eigenvalue weighted by atomic mass is 10.0. The molecule has 1 aliphatic heterocycles. The molecule has 0 amide bonds. The van der Waals surface area contributed by atoms with Crippen LogP contribution in [0.3, 0.4) is 0 Å². The van der Waals surface area contributed by atoms with Gasteiger partial charge in [-0.25, -0.2) is 0 Å². The summed E-state index contributed by atoms with van der Waals surface area (Å²) in [6.45, 7) is 0. The number of aliphatic hydroxyl groups is 1. The summed E-state index contributed by atoms with van der Waals surface area (Å²) < 4.78 is 0. The fraction of sp³-hybridized carbons (Fsp3) is 0.231. The molecule has 0 aliphatic carbocycles. The van der Waals surface area contributed by atoms with Crippen molar-refractivity contribution in [3.05, 3.63) is 52.2 Å². The van der Waals surface area contributed by atoms with Crippen LogP contribution in [0.15, 0.2) is 46.0 Å². The zero-order valence-electron chi connectivity index (χ0n) is 8.67. The van der Waals surface area contributed by atoms with Crippen molar-refractivity contribution >= 4 is 23.1 Å². The van der Waals surface area contributed by atoms with Crippen LogP contribution < -0.4 is 0 Å². The Labute approximate surface area is 103 Å². The first-order valence-electron chi connectivity index (χ1n) is 5.29. The van der Waals surface area contributed by atoms with Gasteiger partial charge in [-0.15, -0.1) is 11.8 Å². The first kappa shape index (κ1) is 10.4. The number of thioether (sulfide) groups is 1. The lowest BCUT2D eigenvalue weighted by molar-refractivity contribution is 0.175. The molecule has 0 bridgehead atoms. The van der Waals surface area contributed by atoms with E-state index < -0.39 is 0 Å². The van der Waals surface area contributed by atoms with Crippen LogP contribution in [-0.4, -0.2) is 10.4 Å². The summed E-state index contributed by atoms with van der Waals surface area (Å²) >= 11 is 3.44. The molecule has 82 valence electrons. The Morgan fingerprint density at radius 2 is 2.12 bits per heavy atom. The van der Waals surface area contributed by atoms with Gasteiger partial charge in [0.1, 0.15) is 0 Å². The SMILES string of the molecule is OC(c1ccsc1)C1Cc2ccccc2S1. The van der Waals surface area contributed by atoms with Gasteiger partial charge in [-0.2, -0.15) is 11.3 Å². The molecule has 1 aromatic heterocycles. The average molecular weight is 248 g/mol. The molecule has 2 atom stereocenters. The smallest absolute Gasteiger partial charge is 0.0923 e. The van der Waals surface area contributed by atoms with E-state index in [1.807, 2.05) is 16.8 Å². The van der Waals surface area contributed by atoms with Crippen molar-refractivity contribution in [2.24, 2.45) is 0 Å². The molecule has 2 heterocycles. The molecule has 3 rings (SSSR count). The van der Waals surface area contributed by atoms with E-state index in [1.165, 1.54) is 10.5 Å². The number of hydrogen-bond donors (Lipinski definition) is 1.